The van der Waals surface area contributed by atoms with Crippen molar-refractivity contribution in [2.75, 3.05) is 29.4 Å². The molecule has 3 aromatic rings. The SMILES string of the molecule is Cc1ccc(-c2c(C)c(-c3ccc4c(c3F)NCCO4)c(C(OC(C)(C)C)C(=O)O)c(C)c2NS(C)(=O)=O)cc1C. The number of hydrogen-bond donors (Lipinski definition) is 3. The van der Waals surface area contributed by atoms with Crippen LogP contribution in [0.3, 0.4) is 0 Å². The number of aryl methyl sites for hydroxylation is 2. The third-order valence-electron chi connectivity index (χ3n) is 7.12. The Hall–Kier alpha value is -3.63. The number of ether oxygens (including phenoxy) is 2. The average Bonchev–Trinajstić information content (AvgIpc) is 2.86. The Labute approximate surface area is 240 Å². The van der Waals surface area contributed by atoms with E-state index in [1.54, 1.807) is 46.8 Å². The fourth-order valence-electron chi connectivity index (χ4n) is 5.23. The zero-order valence-electron chi connectivity index (χ0n) is 24.7. The van der Waals surface area contributed by atoms with E-state index in [4.69, 9.17) is 9.47 Å². The highest BCUT2D eigenvalue weighted by molar-refractivity contribution is 7.92. The number of carboxylic acids is 1. The van der Waals surface area contributed by atoms with Gasteiger partial charge in [0.1, 0.15) is 18.0 Å². The van der Waals surface area contributed by atoms with Gasteiger partial charge >= 0.3 is 5.97 Å². The van der Waals surface area contributed by atoms with Gasteiger partial charge in [0, 0.05) is 23.2 Å². The van der Waals surface area contributed by atoms with Crippen molar-refractivity contribution >= 4 is 27.4 Å². The van der Waals surface area contributed by atoms with Crippen LogP contribution in [0.25, 0.3) is 22.3 Å². The lowest BCUT2D eigenvalue weighted by Crippen LogP contribution is -2.29. The normalized spacial score (nSPS) is 14.1. The molecule has 1 aliphatic heterocycles. The Balaban J connectivity index is 2.21. The number of hydrogen-bond acceptors (Lipinski definition) is 6. The van der Waals surface area contributed by atoms with Gasteiger partial charge in [-0.15, -0.1) is 0 Å². The summed E-state index contributed by atoms with van der Waals surface area (Å²) in [6.07, 6.45) is -0.494. The Morgan fingerprint density at radius 3 is 2.34 bits per heavy atom. The van der Waals surface area contributed by atoms with Crippen molar-refractivity contribution in [2.24, 2.45) is 0 Å². The summed E-state index contributed by atoms with van der Waals surface area (Å²) in [4.78, 5) is 12.8. The molecule has 3 N–H and O–H groups in total. The molecule has 3 aromatic carbocycles. The van der Waals surface area contributed by atoms with Gasteiger partial charge in [-0.2, -0.15) is 0 Å². The van der Waals surface area contributed by atoms with Crippen LogP contribution in [0.2, 0.25) is 0 Å². The van der Waals surface area contributed by atoms with Crippen molar-refractivity contribution in [3.05, 3.63) is 64.0 Å². The molecule has 1 atom stereocenters. The number of halogens is 1. The van der Waals surface area contributed by atoms with Crippen molar-refractivity contribution in [2.45, 2.75) is 60.2 Å². The molecule has 0 radical (unpaired) electrons. The standard InChI is InChI=1S/C31H37FN2O6S/c1-16-9-10-20(15-17(16)2)23-18(3)24(21-11-12-22-28(26(21)32)33-13-14-39-22)25(19(4)27(23)34-41(8,37)38)29(30(35)36)40-31(5,6)7/h9-12,15,29,33-34H,13-14H2,1-8H3,(H,35,36). The summed E-state index contributed by atoms with van der Waals surface area (Å²) in [6, 6.07) is 8.96. The van der Waals surface area contributed by atoms with E-state index in [9.17, 15) is 18.3 Å². The van der Waals surface area contributed by atoms with Crippen LogP contribution in [0.5, 0.6) is 5.75 Å². The van der Waals surface area contributed by atoms with Crippen LogP contribution >= 0.6 is 0 Å². The first-order valence-electron chi connectivity index (χ1n) is 13.3. The van der Waals surface area contributed by atoms with E-state index in [-0.39, 0.29) is 22.5 Å². The number of aliphatic carboxylic acids is 1. The van der Waals surface area contributed by atoms with E-state index >= 15 is 4.39 Å². The summed E-state index contributed by atoms with van der Waals surface area (Å²) >= 11 is 0. The van der Waals surface area contributed by atoms with Crippen molar-refractivity contribution in [1.29, 1.82) is 0 Å². The van der Waals surface area contributed by atoms with Gasteiger partial charge in [-0.1, -0.05) is 18.2 Å². The predicted molar refractivity (Wildman–Crippen MR) is 160 cm³/mol. The third kappa shape index (κ3) is 6.18. The summed E-state index contributed by atoms with van der Waals surface area (Å²) in [6.45, 7) is 13.3. The second-order valence-corrected chi connectivity index (χ2v) is 13.2. The Morgan fingerprint density at radius 1 is 1.07 bits per heavy atom. The van der Waals surface area contributed by atoms with E-state index in [1.165, 1.54) is 0 Å². The van der Waals surface area contributed by atoms with E-state index in [2.05, 4.69) is 10.0 Å². The Bertz CT molecular complexity index is 1640. The fraction of sp³-hybridized carbons (Fsp3) is 0.387. The van der Waals surface area contributed by atoms with Gasteiger partial charge in [-0.3, -0.25) is 4.72 Å². The number of rotatable bonds is 7. The van der Waals surface area contributed by atoms with E-state index in [0.717, 1.165) is 17.4 Å². The molecular weight excluding hydrogens is 547 g/mol. The predicted octanol–water partition coefficient (Wildman–Crippen LogP) is 6.51. The molecule has 8 nitrogen and oxygen atoms in total. The largest absolute Gasteiger partial charge is 0.489 e. The molecule has 0 spiro atoms. The zero-order chi connectivity index (χ0) is 30.4. The molecule has 1 aliphatic rings. The Morgan fingerprint density at radius 2 is 1.76 bits per heavy atom. The molecule has 0 aliphatic carbocycles. The molecule has 1 heterocycles. The molecule has 220 valence electrons. The maximum Gasteiger partial charge on any atom is 0.337 e. The number of nitrogens with one attached hydrogen (secondary N) is 2. The van der Waals surface area contributed by atoms with Gasteiger partial charge in [0.2, 0.25) is 10.0 Å². The summed E-state index contributed by atoms with van der Waals surface area (Å²) in [7, 11) is -3.80. The smallest absolute Gasteiger partial charge is 0.337 e. The summed E-state index contributed by atoms with van der Waals surface area (Å²) in [5, 5.41) is 13.5. The van der Waals surface area contributed by atoms with Crippen LogP contribution in [-0.2, 0) is 19.6 Å². The lowest BCUT2D eigenvalue weighted by atomic mass is 9.82. The maximum atomic E-state index is 16.3. The molecule has 0 saturated carbocycles. The molecule has 41 heavy (non-hydrogen) atoms. The van der Waals surface area contributed by atoms with Gasteiger partial charge in [-0.05, 0) is 94.0 Å². The number of fused-ring (bicyclic) bond motifs is 1. The van der Waals surface area contributed by atoms with Crippen LogP contribution in [0.1, 0.15) is 54.7 Å². The molecule has 0 fully saturated rings. The first-order valence-corrected chi connectivity index (χ1v) is 15.2. The number of carboxylic acid groups (broad SMARTS) is 1. The van der Waals surface area contributed by atoms with Crippen LogP contribution in [0, 0.1) is 33.5 Å². The van der Waals surface area contributed by atoms with Crippen LogP contribution in [0.15, 0.2) is 30.3 Å². The molecule has 0 bridgehead atoms. The van der Waals surface area contributed by atoms with Gasteiger partial charge in [-0.25, -0.2) is 17.6 Å². The highest BCUT2D eigenvalue weighted by atomic mass is 32.2. The van der Waals surface area contributed by atoms with Crippen molar-refractivity contribution in [3.8, 4) is 28.0 Å². The van der Waals surface area contributed by atoms with E-state index in [0.29, 0.717) is 46.7 Å². The molecule has 0 aromatic heterocycles. The van der Waals surface area contributed by atoms with E-state index in [1.807, 2.05) is 32.0 Å². The minimum atomic E-state index is -3.80. The summed E-state index contributed by atoms with van der Waals surface area (Å²) < 4.78 is 55.9. The number of sulfonamides is 1. The van der Waals surface area contributed by atoms with Crippen molar-refractivity contribution in [3.63, 3.8) is 0 Å². The summed E-state index contributed by atoms with van der Waals surface area (Å²) in [5.74, 6) is -1.52. The third-order valence-corrected chi connectivity index (χ3v) is 7.70. The fourth-order valence-corrected chi connectivity index (χ4v) is 5.86. The van der Waals surface area contributed by atoms with Gasteiger partial charge in [0.05, 0.1) is 17.5 Å². The van der Waals surface area contributed by atoms with Crippen molar-refractivity contribution in [1.82, 2.24) is 0 Å². The van der Waals surface area contributed by atoms with Crippen molar-refractivity contribution < 1.29 is 32.2 Å². The van der Waals surface area contributed by atoms with Crippen LogP contribution in [-0.4, -0.2) is 44.5 Å². The lowest BCUT2D eigenvalue weighted by Gasteiger charge is -2.31. The summed E-state index contributed by atoms with van der Waals surface area (Å²) in [5.41, 5.74) is 4.23. The topological polar surface area (TPSA) is 114 Å². The van der Waals surface area contributed by atoms with E-state index < -0.39 is 33.5 Å². The Kier molecular flexibility index (Phi) is 8.12. The second kappa shape index (κ2) is 11.0. The van der Waals surface area contributed by atoms with Gasteiger partial charge < -0.3 is 19.9 Å². The quantitative estimate of drug-likeness (QED) is 0.290. The number of benzene rings is 3. The molecule has 0 amide bonds. The van der Waals surface area contributed by atoms with Crippen LogP contribution < -0.4 is 14.8 Å². The molecule has 0 saturated heterocycles. The van der Waals surface area contributed by atoms with Gasteiger partial charge in [0.25, 0.3) is 0 Å². The minimum Gasteiger partial charge on any atom is -0.489 e. The highest BCUT2D eigenvalue weighted by Crippen LogP contribution is 2.49. The molecular formula is C31H37FN2O6S. The first kappa shape index (κ1) is 30.3. The first-order chi connectivity index (χ1) is 19.0. The average molecular weight is 585 g/mol. The van der Waals surface area contributed by atoms with Crippen LogP contribution in [0.4, 0.5) is 15.8 Å². The highest BCUT2D eigenvalue weighted by Gasteiger charge is 2.35. The van der Waals surface area contributed by atoms with Gasteiger partial charge in [0.15, 0.2) is 11.9 Å². The number of carbonyl (C=O) groups is 1. The zero-order valence-corrected chi connectivity index (χ0v) is 25.5. The number of anilines is 2. The second-order valence-electron chi connectivity index (χ2n) is 11.5. The lowest BCUT2D eigenvalue weighted by molar-refractivity contribution is -0.160. The minimum absolute atomic E-state index is 0.150. The maximum absolute atomic E-state index is 16.3. The molecule has 4 rings (SSSR count). The molecule has 1 unspecified atom stereocenters. The monoisotopic (exact) mass is 584 g/mol. The molecule has 10 heteroatoms.